The number of benzene rings is 3. The van der Waals surface area contributed by atoms with Gasteiger partial charge in [0, 0.05) is 11.6 Å². The molecule has 1 N–H and O–H groups in total. The van der Waals surface area contributed by atoms with E-state index in [1.54, 1.807) is 6.07 Å². The molecule has 0 radical (unpaired) electrons. The van der Waals surface area contributed by atoms with Crippen molar-refractivity contribution in [3.05, 3.63) is 69.7 Å². The van der Waals surface area contributed by atoms with E-state index < -0.39 is 4.92 Å². The maximum absolute atomic E-state index is 11.1. The summed E-state index contributed by atoms with van der Waals surface area (Å²) in [7, 11) is 0. The Morgan fingerprint density at radius 2 is 1.63 bits per heavy atom. The largest absolute Gasteiger partial charge is 0.352 e. The number of nitrogens with zero attached hydrogens (tertiary/aromatic N) is 4. The molecule has 0 unspecified atom stereocenters. The lowest BCUT2D eigenvalue weighted by molar-refractivity contribution is -0.384. The molecule has 0 fully saturated rings. The van der Waals surface area contributed by atoms with Crippen molar-refractivity contribution in [1.29, 1.82) is 0 Å². The van der Waals surface area contributed by atoms with Gasteiger partial charge in [-0.05, 0) is 36.4 Å². The second-order valence-corrected chi connectivity index (χ2v) is 6.49. The maximum atomic E-state index is 11.1. The molecule has 0 spiro atoms. The Labute approximate surface area is 156 Å². The van der Waals surface area contributed by atoms with Crippen LogP contribution in [-0.2, 0) is 0 Å². The van der Waals surface area contributed by atoms with Crippen LogP contribution in [0.1, 0.15) is 0 Å². The highest BCUT2D eigenvalue weighted by Gasteiger charge is 2.16. The molecule has 2 heterocycles. The van der Waals surface area contributed by atoms with Crippen molar-refractivity contribution < 1.29 is 4.92 Å². The predicted molar refractivity (Wildman–Crippen MR) is 104 cm³/mol. The molecule has 0 amide bonds. The van der Waals surface area contributed by atoms with Gasteiger partial charge in [0.2, 0.25) is 0 Å². The van der Waals surface area contributed by atoms with Gasteiger partial charge in [0.05, 0.1) is 38.0 Å². The number of para-hydroxylation sites is 2. The zero-order valence-corrected chi connectivity index (χ0v) is 14.4. The van der Waals surface area contributed by atoms with Gasteiger partial charge >= 0.3 is 0 Å². The van der Waals surface area contributed by atoms with Gasteiger partial charge in [0.25, 0.3) is 5.69 Å². The summed E-state index contributed by atoms with van der Waals surface area (Å²) < 4.78 is 0. The first-order chi connectivity index (χ1) is 13.1. The molecule has 0 saturated carbocycles. The summed E-state index contributed by atoms with van der Waals surface area (Å²) in [5.74, 6) is 0.407. The Balaban J connectivity index is 1.71. The van der Waals surface area contributed by atoms with Gasteiger partial charge < -0.3 is 4.98 Å². The molecule has 7 nitrogen and oxygen atoms in total. The van der Waals surface area contributed by atoms with E-state index in [-0.39, 0.29) is 10.7 Å². The minimum Gasteiger partial charge on any atom is -0.352 e. The van der Waals surface area contributed by atoms with Crippen LogP contribution in [0.25, 0.3) is 44.5 Å². The highest BCUT2D eigenvalue weighted by Crippen LogP contribution is 2.30. The molecule has 0 atom stereocenters. The Hall–Kier alpha value is -3.58. The highest BCUT2D eigenvalue weighted by atomic mass is 35.5. The van der Waals surface area contributed by atoms with Crippen LogP contribution in [0.15, 0.2) is 54.6 Å². The SMILES string of the molecule is O=[N+]([O-])c1cc(-c2nc3cc4nc5ccccc5[nH]c4cc3n2)ccc1Cl. The summed E-state index contributed by atoms with van der Waals surface area (Å²) in [4.78, 5) is 27.6. The molecule has 2 aromatic heterocycles. The number of nitrogens with one attached hydrogen (secondary N) is 1. The fraction of sp³-hybridized carbons (Fsp3) is 0. The van der Waals surface area contributed by atoms with Crippen LogP contribution in [0.2, 0.25) is 5.02 Å². The van der Waals surface area contributed by atoms with E-state index in [1.807, 2.05) is 36.4 Å². The van der Waals surface area contributed by atoms with E-state index in [4.69, 9.17) is 11.6 Å². The minimum absolute atomic E-state index is 0.0797. The first-order valence-corrected chi connectivity index (χ1v) is 8.47. The number of H-pyrrole nitrogens is 1. The molecule has 5 aromatic rings. The monoisotopic (exact) mass is 375 g/mol. The molecule has 0 aliphatic heterocycles. The third-order valence-electron chi connectivity index (χ3n) is 4.36. The van der Waals surface area contributed by atoms with Gasteiger partial charge in [-0.15, -0.1) is 0 Å². The Bertz CT molecular complexity index is 1310. The minimum atomic E-state index is -0.521. The zero-order chi connectivity index (χ0) is 18.5. The van der Waals surface area contributed by atoms with Crippen LogP contribution in [0, 0.1) is 10.1 Å². The van der Waals surface area contributed by atoms with Crippen LogP contribution in [0.4, 0.5) is 5.69 Å². The number of hydrogen-bond acceptors (Lipinski definition) is 5. The molecule has 3 aromatic carbocycles. The van der Waals surface area contributed by atoms with Crippen molar-refractivity contribution in [3.63, 3.8) is 0 Å². The van der Waals surface area contributed by atoms with E-state index in [1.165, 1.54) is 12.1 Å². The number of fused-ring (bicyclic) bond motifs is 3. The van der Waals surface area contributed by atoms with Gasteiger partial charge in [-0.3, -0.25) is 10.1 Å². The van der Waals surface area contributed by atoms with Gasteiger partial charge in [0.1, 0.15) is 5.02 Å². The third-order valence-corrected chi connectivity index (χ3v) is 4.68. The van der Waals surface area contributed by atoms with E-state index in [0.717, 1.165) is 22.1 Å². The number of nitro groups is 1. The summed E-state index contributed by atoms with van der Waals surface area (Å²) in [6, 6.07) is 16.0. The number of halogens is 1. The molecule has 8 heteroatoms. The predicted octanol–water partition coefficient (Wildman–Crippen LogP) is 4.89. The van der Waals surface area contributed by atoms with E-state index in [0.29, 0.717) is 22.4 Å². The van der Waals surface area contributed by atoms with Gasteiger partial charge in [-0.2, -0.15) is 0 Å². The fourth-order valence-electron chi connectivity index (χ4n) is 3.06. The number of nitro benzene ring substituents is 1. The molecule has 130 valence electrons. The van der Waals surface area contributed by atoms with Crippen molar-refractivity contribution in [1.82, 2.24) is 19.9 Å². The first-order valence-electron chi connectivity index (χ1n) is 8.09. The van der Waals surface area contributed by atoms with Crippen molar-refractivity contribution in [2.75, 3.05) is 0 Å². The topological polar surface area (TPSA) is 97.6 Å². The maximum Gasteiger partial charge on any atom is 0.288 e. The van der Waals surface area contributed by atoms with Crippen LogP contribution in [0.3, 0.4) is 0 Å². The zero-order valence-electron chi connectivity index (χ0n) is 13.7. The summed E-state index contributed by atoms with van der Waals surface area (Å²) in [5.41, 5.74) is 5.12. The van der Waals surface area contributed by atoms with Crippen molar-refractivity contribution in [3.8, 4) is 11.4 Å². The average Bonchev–Trinajstić information content (AvgIpc) is 3.07. The Kier molecular flexibility index (Phi) is 3.32. The number of imidazole rings is 1. The quantitative estimate of drug-likeness (QED) is 0.269. The van der Waals surface area contributed by atoms with Crippen LogP contribution >= 0.6 is 11.6 Å². The van der Waals surface area contributed by atoms with E-state index in [2.05, 4.69) is 19.9 Å². The van der Waals surface area contributed by atoms with E-state index in [9.17, 15) is 10.1 Å². The molecule has 0 aliphatic carbocycles. The normalized spacial score (nSPS) is 11.4. The lowest BCUT2D eigenvalue weighted by Crippen LogP contribution is -1.90. The second kappa shape index (κ2) is 5.72. The number of hydrogen-bond donors (Lipinski definition) is 1. The van der Waals surface area contributed by atoms with Crippen molar-refractivity contribution in [2.45, 2.75) is 0 Å². The third kappa shape index (κ3) is 2.56. The molecule has 27 heavy (non-hydrogen) atoms. The standard InChI is InChI=1S/C19H10ClN5O2/c20-11-6-5-10(7-18(11)25(26)27)19-23-16-8-14-15(9-17(16)24-19)22-13-4-2-1-3-12(13)21-14/h1-9,21H. The van der Waals surface area contributed by atoms with Crippen LogP contribution in [-0.4, -0.2) is 24.9 Å². The van der Waals surface area contributed by atoms with Crippen molar-refractivity contribution in [2.24, 2.45) is 0 Å². The summed E-state index contributed by atoms with van der Waals surface area (Å²) in [5, 5.41) is 11.2. The lowest BCUT2D eigenvalue weighted by Gasteiger charge is -2.01. The van der Waals surface area contributed by atoms with Gasteiger partial charge in [-0.1, -0.05) is 23.7 Å². The molecule has 0 bridgehead atoms. The van der Waals surface area contributed by atoms with Gasteiger partial charge in [0.15, 0.2) is 5.82 Å². The number of aromatic nitrogens is 4. The molecule has 0 aliphatic rings. The van der Waals surface area contributed by atoms with Crippen LogP contribution in [0.5, 0.6) is 0 Å². The average molecular weight is 376 g/mol. The molecule has 5 rings (SSSR count). The number of rotatable bonds is 2. The molecule has 0 saturated heterocycles. The second-order valence-electron chi connectivity index (χ2n) is 6.08. The molecular weight excluding hydrogens is 366 g/mol. The highest BCUT2D eigenvalue weighted by molar-refractivity contribution is 6.32. The van der Waals surface area contributed by atoms with E-state index >= 15 is 0 Å². The Morgan fingerprint density at radius 1 is 0.852 bits per heavy atom. The number of aromatic amines is 1. The lowest BCUT2D eigenvalue weighted by atomic mass is 10.2. The van der Waals surface area contributed by atoms with Gasteiger partial charge in [-0.25, -0.2) is 15.0 Å². The van der Waals surface area contributed by atoms with Crippen LogP contribution < -0.4 is 0 Å². The fourth-order valence-corrected chi connectivity index (χ4v) is 3.25. The molecular formula is C19H10ClN5O2. The first kappa shape index (κ1) is 15.7. The summed E-state index contributed by atoms with van der Waals surface area (Å²) in [6.45, 7) is 0. The smallest absolute Gasteiger partial charge is 0.288 e. The summed E-state index contributed by atoms with van der Waals surface area (Å²) >= 11 is 5.88. The Morgan fingerprint density at radius 3 is 2.44 bits per heavy atom. The summed E-state index contributed by atoms with van der Waals surface area (Å²) in [6.07, 6.45) is 0. The van der Waals surface area contributed by atoms with Crippen molar-refractivity contribution >= 4 is 50.4 Å².